The van der Waals surface area contributed by atoms with Crippen LogP contribution in [0.25, 0.3) is 0 Å². The van der Waals surface area contributed by atoms with Crippen LogP contribution in [0.3, 0.4) is 0 Å². The van der Waals surface area contributed by atoms with Gasteiger partial charge in [0.1, 0.15) is 11.4 Å². The summed E-state index contributed by atoms with van der Waals surface area (Å²) in [7, 11) is 0. The van der Waals surface area contributed by atoms with E-state index in [0.29, 0.717) is 22.3 Å². The lowest BCUT2D eigenvalue weighted by Gasteiger charge is -2.32. The topological polar surface area (TPSA) is 35.2 Å². The molecular weight excluding hydrogens is 305 g/mol. The first-order valence-electron chi connectivity index (χ1n) is 6.95. The van der Waals surface area contributed by atoms with E-state index in [-0.39, 0.29) is 0 Å². The number of hydrogen-bond donors (Lipinski definition) is 1. The van der Waals surface area contributed by atoms with E-state index in [1.165, 1.54) is 0 Å². The molecule has 1 unspecified atom stereocenters. The Kier molecular flexibility index (Phi) is 5.51. The van der Waals surface area contributed by atoms with Crippen LogP contribution >= 0.6 is 23.2 Å². The summed E-state index contributed by atoms with van der Waals surface area (Å²) in [5.74, 6) is 0.590. The minimum Gasteiger partial charge on any atom is -0.481 e. The second kappa shape index (κ2) is 7.17. The molecule has 2 aromatic carbocycles. The molecular formula is C17H19Cl2NO. The Morgan fingerprint density at radius 2 is 1.81 bits per heavy atom. The summed E-state index contributed by atoms with van der Waals surface area (Å²) >= 11 is 12.3. The van der Waals surface area contributed by atoms with Crippen LogP contribution in [0.5, 0.6) is 5.75 Å². The molecule has 0 bridgehead atoms. The third-order valence-corrected chi connectivity index (χ3v) is 4.02. The van der Waals surface area contributed by atoms with Crippen LogP contribution in [0, 0.1) is 0 Å². The summed E-state index contributed by atoms with van der Waals surface area (Å²) in [5.41, 5.74) is 6.26. The smallest absolute Gasteiger partial charge is 0.140 e. The molecule has 0 radical (unpaired) electrons. The lowest BCUT2D eigenvalue weighted by molar-refractivity contribution is 0.0754. The quantitative estimate of drug-likeness (QED) is 0.809. The Labute approximate surface area is 135 Å². The average molecular weight is 324 g/mol. The van der Waals surface area contributed by atoms with Gasteiger partial charge >= 0.3 is 0 Å². The number of hydrogen-bond acceptors (Lipinski definition) is 2. The van der Waals surface area contributed by atoms with Crippen molar-refractivity contribution in [2.24, 2.45) is 5.73 Å². The van der Waals surface area contributed by atoms with Gasteiger partial charge in [-0.05, 0) is 44.0 Å². The molecule has 0 saturated heterocycles. The van der Waals surface area contributed by atoms with Crippen molar-refractivity contribution < 1.29 is 4.74 Å². The first-order chi connectivity index (χ1) is 10.0. The summed E-state index contributed by atoms with van der Waals surface area (Å²) in [6.45, 7) is 2.67. The molecule has 4 heteroatoms. The van der Waals surface area contributed by atoms with Crippen molar-refractivity contribution in [3.05, 3.63) is 64.1 Å². The van der Waals surface area contributed by atoms with Gasteiger partial charge in [0, 0.05) is 11.1 Å². The SMILES string of the molecule is CC(CCCN)(Oc1cc(Cl)ccc1Cl)c1ccccc1. The summed E-state index contributed by atoms with van der Waals surface area (Å²) in [5, 5.41) is 1.15. The van der Waals surface area contributed by atoms with Gasteiger partial charge in [-0.2, -0.15) is 0 Å². The van der Waals surface area contributed by atoms with Crippen molar-refractivity contribution >= 4 is 23.2 Å². The van der Waals surface area contributed by atoms with Gasteiger partial charge in [-0.15, -0.1) is 0 Å². The number of benzene rings is 2. The molecule has 1 atom stereocenters. The van der Waals surface area contributed by atoms with E-state index in [2.05, 4.69) is 19.1 Å². The largest absolute Gasteiger partial charge is 0.481 e. The molecule has 0 aliphatic carbocycles. The Bertz CT molecular complexity index is 589. The van der Waals surface area contributed by atoms with Crippen LogP contribution in [0.15, 0.2) is 48.5 Å². The van der Waals surface area contributed by atoms with E-state index in [0.717, 1.165) is 18.4 Å². The molecule has 0 heterocycles. The molecule has 0 aliphatic heterocycles. The molecule has 0 aliphatic rings. The van der Waals surface area contributed by atoms with E-state index in [4.69, 9.17) is 33.7 Å². The van der Waals surface area contributed by atoms with Gasteiger partial charge in [0.25, 0.3) is 0 Å². The molecule has 0 saturated carbocycles. The molecule has 2 aromatic rings. The molecule has 0 aromatic heterocycles. The highest BCUT2D eigenvalue weighted by molar-refractivity contribution is 6.34. The number of halogens is 2. The summed E-state index contributed by atoms with van der Waals surface area (Å²) in [6.07, 6.45) is 1.67. The molecule has 21 heavy (non-hydrogen) atoms. The highest BCUT2D eigenvalue weighted by atomic mass is 35.5. The predicted octanol–water partition coefficient (Wildman–Crippen LogP) is 5.03. The van der Waals surface area contributed by atoms with Crippen molar-refractivity contribution in [2.75, 3.05) is 6.54 Å². The van der Waals surface area contributed by atoms with Gasteiger partial charge in [0.05, 0.1) is 5.02 Å². The normalized spacial score (nSPS) is 13.7. The van der Waals surface area contributed by atoms with Gasteiger partial charge in [-0.3, -0.25) is 0 Å². The first-order valence-corrected chi connectivity index (χ1v) is 7.70. The minimum absolute atomic E-state index is 0.491. The highest BCUT2D eigenvalue weighted by Gasteiger charge is 2.29. The van der Waals surface area contributed by atoms with Gasteiger partial charge in [-0.25, -0.2) is 0 Å². The predicted molar refractivity (Wildman–Crippen MR) is 89.2 cm³/mol. The maximum atomic E-state index is 6.23. The van der Waals surface area contributed by atoms with E-state index in [1.54, 1.807) is 18.2 Å². The van der Waals surface area contributed by atoms with Crippen molar-refractivity contribution in [3.63, 3.8) is 0 Å². The van der Waals surface area contributed by atoms with Crippen LogP contribution < -0.4 is 10.5 Å². The molecule has 0 spiro atoms. The Morgan fingerprint density at radius 3 is 2.48 bits per heavy atom. The summed E-state index contributed by atoms with van der Waals surface area (Å²) in [4.78, 5) is 0. The van der Waals surface area contributed by atoms with Gasteiger partial charge < -0.3 is 10.5 Å². The van der Waals surface area contributed by atoms with Crippen LogP contribution in [0.4, 0.5) is 0 Å². The second-order valence-corrected chi connectivity index (χ2v) is 6.01. The summed E-state index contributed by atoms with van der Waals surface area (Å²) in [6, 6.07) is 15.3. The third kappa shape index (κ3) is 4.13. The summed E-state index contributed by atoms with van der Waals surface area (Å²) < 4.78 is 6.23. The number of rotatable bonds is 6. The zero-order valence-electron chi connectivity index (χ0n) is 12.0. The Hall–Kier alpha value is -1.22. The maximum absolute atomic E-state index is 6.23. The molecule has 2 N–H and O–H groups in total. The fourth-order valence-corrected chi connectivity index (χ4v) is 2.60. The van der Waals surface area contributed by atoms with Crippen molar-refractivity contribution in [2.45, 2.75) is 25.4 Å². The van der Waals surface area contributed by atoms with Crippen molar-refractivity contribution in [3.8, 4) is 5.75 Å². The van der Waals surface area contributed by atoms with Gasteiger partial charge in [0.2, 0.25) is 0 Å². The fraction of sp³-hybridized carbons (Fsp3) is 0.294. The highest BCUT2D eigenvalue weighted by Crippen LogP contribution is 2.36. The van der Waals surface area contributed by atoms with E-state index in [9.17, 15) is 0 Å². The third-order valence-electron chi connectivity index (χ3n) is 3.47. The van der Waals surface area contributed by atoms with Crippen LogP contribution in [0.2, 0.25) is 10.0 Å². The van der Waals surface area contributed by atoms with Crippen molar-refractivity contribution in [1.82, 2.24) is 0 Å². The average Bonchev–Trinajstić information content (AvgIpc) is 2.50. The standard InChI is InChI=1S/C17H19Cl2NO/c1-17(10-5-11-20,13-6-3-2-4-7-13)21-16-12-14(18)8-9-15(16)19/h2-4,6-9,12H,5,10-11,20H2,1H3. The molecule has 0 fully saturated rings. The van der Waals surface area contributed by atoms with Gasteiger partial charge in [-0.1, -0.05) is 53.5 Å². The Morgan fingerprint density at radius 1 is 1.10 bits per heavy atom. The molecule has 112 valence electrons. The Balaban J connectivity index is 2.34. The van der Waals surface area contributed by atoms with E-state index in [1.807, 2.05) is 18.2 Å². The van der Waals surface area contributed by atoms with E-state index >= 15 is 0 Å². The first kappa shape index (κ1) is 16.2. The molecule has 2 rings (SSSR count). The van der Waals surface area contributed by atoms with Crippen LogP contribution in [-0.2, 0) is 5.60 Å². The van der Waals surface area contributed by atoms with Crippen LogP contribution in [-0.4, -0.2) is 6.54 Å². The van der Waals surface area contributed by atoms with Crippen molar-refractivity contribution in [1.29, 1.82) is 0 Å². The lowest BCUT2D eigenvalue weighted by Crippen LogP contribution is -2.30. The fourth-order valence-electron chi connectivity index (χ4n) is 2.28. The minimum atomic E-state index is -0.491. The molecule has 0 amide bonds. The van der Waals surface area contributed by atoms with E-state index < -0.39 is 5.60 Å². The number of ether oxygens (including phenoxy) is 1. The molecule has 2 nitrogen and oxygen atoms in total. The second-order valence-electron chi connectivity index (χ2n) is 5.17. The maximum Gasteiger partial charge on any atom is 0.140 e. The monoisotopic (exact) mass is 323 g/mol. The lowest BCUT2D eigenvalue weighted by atomic mass is 9.90. The zero-order valence-corrected chi connectivity index (χ0v) is 13.5. The number of nitrogens with two attached hydrogens (primary N) is 1. The zero-order chi connectivity index (χ0) is 15.3. The van der Waals surface area contributed by atoms with Crippen LogP contribution in [0.1, 0.15) is 25.3 Å². The van der Waals surface area contributed by atoms with Gasteiger partial charge in [0.15, 0.2) is 0 Å².